The number of hydrogen-bond donors (Lipinski definition) is 0. The van der Waals surface area contributed by atoms with Crippen molar-refractivity contribution >= 4 is 5.97 Å². The molecule has 3 heteroatoms. The van der Waals surface area contributed by atoms with Gasteiger partial charge in [-0.3, -0.25) is 4.79 Å². The van der Waals surface area contributed by atoms with Crippen LogP contribution in [0.5, 0.6) is 0 Å². The number of rotatable bonds is 1. The molecule has 0 spiro atoms. The maximum atomic E-state index is 10.8. The van der Waals surface area contributed by atoms with Gasteiger partial charge in [0.25, 0.3) is 0 Å². The van der Waals surface area contributed by atoms with Gasteiger partial charge in [0.2, 0.25) is 0 Å². The van der Waals surface area contributed by atoms with E-state index >= 15 is 0 Å². The topological polar surface area (TPSA) is 35.5 Å². The van der Waals surface area contributed by atoms with E-state index in [1.807, 2.05) is 12.2 Å². The minimum Gasteiger partial charge on any atom is -0.458 e. The quantitative estimate of drug-likeness (QED) is 0.491. The summed E-state index contributed by atoms with van der Waals surface area (Å²) in [5, 5.41) is 0. The molecule has 0 bridgehead atoms. The third-order valence-electron chi connectivity index (χ3n) is 3.04. The molecule has 1 heterocycles. The number of ether oxygens (including phenoxy) is 2. The van der Waals surface area contributed by atoms with Gasteiger partial charge in [0.15, 0.2) is 0 Å². The van der Waals surface area contributed by atoms with Gasteiger partial charge in [-0.25, -0.2) is 0 Å². The van der Waals surface area contributed by atoms with Crippen LogP contribution in [-0.2, 0) is 14.3 Å². The fourth-order valence-electron chi connectivity index (χ4n) is 2.59. The lowest BCUT2D eigenvalue weighted by Crippen LogP contribution is -2.27. The maximum Gasteiger partial charge on any atom is 0.303 e. The highest BCUT2D eigenvalue weighted by atomic mass is 16.5. The van der Waals surface area contributed by atoms with E-state index in [0.29, 0.717) is 5.92 Å². The summed E-state index contributed by atoms with van der Waals surface area (Å²) in [6.45, 7) is 5.68. The number of fused-ring (bicyclic) bond motifs is 1. The molecule has 1 saturated heterocycles. The van der Waals surface area contributed by atoms with E-state index in [2.05, 4.69) is 13.8 Å². The van der Waals surface area contributed by atoms with Crippen LogP contribution in [0.1, 0.15) is 33.6 Å². The normalized spacial score (nSPS) is 37.4. The molecule has 1 aliphatic carbocycles. The van der Waals surface area contributed by atoms with Crippen molar-refractivity contribution in [3.8, 4) is 0 Å². The summed E-state index contributed by atoms with van der Waals surface area (Å²) in [6, 6.07) is 0. The number of carbonyl (C=O) groups is 1. The first kappa shape index (κ1) is 10.7. The SMILES string of the molecule is CC(=O)O[C@@H]1C=C[C@H]2OC(C)(C)C[C@H]2C1. The molecule has 84 valence electrons. The standard InChI is InChI=1S/C12H18O3/c1-8(13)14-10-4-5-11-9(6-10)7-12(2,3)15-11/h4-5,9-11H,6-7H2,1-3H3/t9-,10-,11-/m1/s1. The van der Waals surface area contributed by atoms with Gasteiger partial charge in [-0.1, -0.05) is 6.08 Å². The summed E-state index contributed by atoms with van der Waals surface area (Å²) in [5.74, 6) is 0.288. The molecule has 2 rings (SSSR count). The molecule has 1 aliphatic heterocycles. The Bertz CT molecular complexity index is 293. The van der Waals surface area contributed by atoms with Crippen molar-refractivity contribution in [1.82, 2.24) is 0 Å². The van der Waals surface area contributed by atoms with Crippen molar-refractivity contribution < 1.29 is 14.3 Å². The van der Waals surface area contributed by atoms with Gasteiger partial charge in [0.05, 0.1) is 11.7 Å². The van der Waals surface area contributed by atoms with Crippen LogP contribution in [-0.4, -0.2) is 23.8 Å². The Kier molecular flexibility index (Phi) is 2.59. The molecule has 0 aromatic carbocycles. The van der Waals surface area contributed by atoms with Crippen molar-refractivity contribution in [2.45, 2.75) is 51.4 Å². The Labute approximate surface area is 90.4 Å². The molecule has 0 aromatic heterocycles. The summed E-state index contributed by atoms with van der Waals surface area (Å²) >= 11 is 0. The van der Waals surface area contributed by atoms with Crippen LogP contribution >= 0.6 is 0 Å². The fraction of sp³-hybridized carbons (Fsp3) is 0.750. The van der Waals surface area contributed by atoms with Crippen LogP contribution in [0.3, 0.4) is 0 Å². The monoisotopic (exact) mass is 210 g/mol. The zero-order valence-corrected chi connectivity index (χ0v) is 9.53. The molecule has 2 aliphatic rings. The first-order valence-electron chi connectivity index (χ1n) is 5.50. The van der Waals surface area contributed by atoms with Crippen LogP contribution < -0.4 is 0 Å². The lowest BCUT2D eigenvalue weighted by Gasteiger charge is -2.24. The lowest BCUT2D eigenvalue weighted by atomic mass is 9.86. The molecule has 0 radical (unpaired) electrons. The fourth-order valence-corrected chi connectivity index (χ4v) is 2.59. The van der Waals surface area contributed by atoms with Gasteiger partial charge in [-0.2, -0.15) is 0 Å². The second-order valence-corrected chi connectivity index (χ2v) is 5.07. The largest absolute Gasteiger partial charge is 0.458 e. The van der Waals surface area contributed by atoms with E-state index in [9.17, 15) is 4.79 Å². The smallest absolute Gasteiger partial charge is 0.303 e. The summed E-state index contributed by atoms with van der Waals surface area (Å²) in [7, 11) is 0. The maximum absolute atomic E-state index is 10.8. The van der Waals surface area contributed by atoms with Crippen molar-refractivity contribution in [2.24, 2.45) is 5.92 Å². The average Bonchev–Trinajstić information content (AvgIpc) is 2.36. The van der Waals surface area contributed by atoms with E-state index < -0.39 is 0 Å². The van der Waals surface area contributed by atoms with Gasteiger partial charge in [0, 0.05) is 6.92 Å². The van der Waals surface area contributed by atoms with E-state index in [1.54, 1.807) is 0 Å². The van der Waals surface area contributed by atoms with E-state index in [1.165, 1.54) is 6.92 Å². The molecule has 3 atom stereocenters. The van der Waals surface area contributed by atoms with Crippen molar-refractivity contribution in [3.63, 3.8) is 0 Å². The highest BCUT2D eigenvalue weighted by Crippen LogP contribution is 2.40. The number of esters is 1. The van der Waals surface area contributed by atoms with E-state index in [0.717, 1.165) is 12.8 Å². The second kappa shape index (κ2) is 3.63. The highest BCUT2D eigenvalue weighted by Gasteiger charge is 2.41. The second-order valence-electron chi connectivity index (χ2n) is 5.07. The van der Waals surface area contributed by atoms with E-state index in [4.69, 9.17) is 9.47 Å². The van der Waals surface area contributed by atoms with Gasteiger partial charge in [0.1, 0.15) is 6.10 Å². The molecule has 0 aromatic rings. The van der Waals surface area contributed by atoms with Crippen LogP contribution in [0.4, 0.5) is 0 Å². The van der Waals surface area contributed by atoms with Gasteiger partial charge in [-0.05, 0) is 38.7 Å². The van der Waals surface area contributed by atoms with Crippen molar-refractivity contribution in [2.75, 3.05) is 0 Å². The van der Waals surface area contributed by atoms with Gasteiger partial charge < -0.3 is 9.47 Å². The number of carbonyl (C=O) groups excluding carboxylic acids is 1. The zero-order chi connectivity index (χ0) is 11.1. The molecule has 0 amide bonds. The zero-order valence-electron chi connectivity index (χ0n) is 9.53. The first-order chi connectivity index (χ1) is 6.96. The molecule has 0 saturated carbocycles. The lowest BCUT2D eigenvalue weighted by molar-refractivity contribution is -0.145. The molecule has 1 fully saturated rings. The first-order valence-corrected chi connectivity index (χ1v) is 5.50. The molecular weight excluding hydrogens is 192 g/mol. The predicted octanol–water partition coefficient (Wildman–Crippen LogP) is 2.06. The summed E-state index contributed by atoms with van der Waals surface area (Å²) in [5.41, 5.74) is -0.0369. The molecule has 0 unspecified atom stereocenters. The van der Waals surface area contributed by atoms with Gasteiger partial charge >= 0.3 is 5.97 Å². The molecule has 3 nitrogen and oxygen atoms in total. The van der Waals surface area contributed by atoms with Crippen LogP contribution in [0.15, 0.2) is 12.2 Å². The minimum atomic E-state index is -0.207. The third kappa shape index (κ3) is 2.40. The Morgan fingerprint density at radius 2 is 2.20 bits per heavy atom. The van der Waals surface area contributed by atoms with Gasteiger partial charge in [-0.15, -0.1) is 0 Å². The Balaban J connectivity index is 2.00. The van der Waals surface area contributed by atoms with Crippen molar-refractivity contribution in [1.29, 1.82) is 0 Å². The Morgan fingerprint density at radius 3 is 2.87 bits per heavy atom. The van der Waals surface area contributed by atoms with Crippen LogP contribution in [0, 0.1) is 5.92 Å². The molecule has 15 heavy (non-hydrogen) atoms. The van der Waals surface area contributed by atoms with Crippen molar-refractivity contribution in [3.05, 3.63) is 12.2 Å². The molecular formula is C12H18O3. The Morgan fingerprint density at radius 1 is 1.47 bits per heavy atom. The summed E-state index contributed by atoms with van der Waals surface area (Å²) < 4.78 is 11.1. The minimum absolute atomic E-state index is 0.0369. The number of hydrogen-bond acceptors (Lipinski definition) is 3. The molecule has 0 N–H and O–H groups in total. The third-order valence-corrected chi connectivity index (χ3v) is 3.04. The Hall–Kier alpha value is -0.830. The average molecular weight is 210 g/mol. The van der Waals surface area contributed by atoms with Crippen LogP contribution in [0.25, 0.3) is 0 Å². The van der Waals surface area contributed by atoms with Crippen LogP contribution in [0.2, 0.25) is 0 Å². The summed E-state index contributed by atoms with van der Waals surface area (Å²) in [4.78, 5) is 10.8. The summed E-state index contributed by atoms with van der Waals surface area (Å²) in [6.07, 6.45) is 6.08. The van der Waals surface area contributed by atoms with E-state index in [-0.39, 0.29) is 23.8 Å². The highest BCUT2D eigenvalue weighted by molar-refractivity contribution is 5.66. The predicted molar refractivity (Wildman–Crippen MR) is 56.4 cm³/mol.